The van der Waals surface area contributed by atoms with Crippen LogP contribution < -0.4 is 0 Å². The lowest BCUT2D eigenvalue weighted by molar-refractivity contribution is 0.134. The Bertz CT molecular complexity index is 533. The Kier molecular flexibility index (Phi) is 2.65. The molecule has 0 saturated heterocycles. The molecule has 1 aliphatic heterocycles. The maximum atomic E-state index is 9.86. The molecule has 0 bridgehead atoms. The molecule has 4 heteroatoms. The number of aliphatic hydroxyl groups is 1. The summed E-state index contributed by atoms with van der Waals surface area (Å²) in [6.45, 7) is 0.921. The first kappa shape index (κ1) is 10.8. The van der Waals surface area contributed by atoms with Gasteiger partial charge in [-0.05, 0) is 30.5 Å². The van der Waals surface area contributed by atoms with Gasteiger partial charge in [0.05, 0.1) is 11.9 Å². The van der Waals surface area contributed by atoms with Crippen molar-refractivity contribution in [3.8, 4) is 11.3 Å². The Balaban J connectivity index is 2.07. The predicted octanol–water partition coefficient (Wildman–Crippen LogP) is 3.03. The van der Waals surface area contributed by atoms with Crippen LogP contribution in [-0.2, 0) is 6.54 Å². The molecule has 1 N–H and O–H groups in total. The van der Waals surface area contributed by atoms with Crippen LogP contribution in [0.1, 0.15) is 24.8 Å². The third-order valence-electron chi connectivity index (χ3n) is 3.18. The minimum atomic E-state index is -0.426. The summed E-state index contributed by atoms with van der Waals surface area (Å²) in [4.78, 5) is 4.32. The van der Waals surface area contributed by atoms with E-state index in [0.29, 0.717) is 0 Å². The molecule has 3 rings (SSSR count). The monoisotopic (exact) mass is 248 g/mol. The Morgan fingerprint density at radius 3 is 2.82 bits per heavy atom. The first-order valence-corrected chi connectivity index (χ1v) is 6.13. The van der Waals surface area contributed by atoms with E-state index in [1.54, 1.807) is 0 Å². The van der Waals surface area contributed by atoms with Crippen LogP contribution in [0.25, 0.3) is 11.3 Å². The van der Waals surface area contributed by atoms with E-state index in [1.165, 1.54) is 0 Å². The van der Waals surface area contributed by atoms with E-state index < -0.39 is 6.10 Å². The summed E-state index contributed by atoms with van der Waals surface area (Å²) in [5.41, 5.74) is 2.14. The van der Waals surface area contributed by atoms with Gasteiger partial charge in [-0.3, -0.25) is 0 Å². The number of nitrogens with zero attached hydrogens (tertiary/aromatic N) is 2. The minimum Gasteiger partial charge on any atom is -0.385 e. The highest BCUT2D eigenvalue weighted by molar-refractivity contribution is 6.30. The van der Waals surface area contributed by atoms with Crippen molar-refractivity contribution < 1.29 is 5.11 Å². The topological polar surface area (TPSA) is 38.0 Å². The van der Waals surface area contributed by atoms with Crippen molar-refractivity contribution in [2.24, 2.45) is 0 Å². The predicted molar refractivity (Wildman–Crippen MR) is 66.9 cm³/mol. The van der Waals surface area contributed by atoms with E-state index in [4.69, 9.17) is 11.6 Å². The van der Waals surface area contributed by atoms with Crippen molar-refractivity contribution in [1.29, 1.82) is 0 Å². The fourth-order valence-corrected chi connectivity index (χ4v) is 2.44. The molecular weight excluding hydrogens is 236 g/mol. The zero-order chi connectivity index (χ0) is 11.8. The van der Waals surface area contributed by atoms with E-state index in [-0.39, 0.29) is 0 Å². The number of hydrogen-bond donors (Lipinski definition) is 1. The highest BCUT2D eigenvalue weighted by Crippen LogP contribution is 2.30. The number of aromatic nitrogens is 2. The standard InChI is InChI=1S/C13H13ClN2O/c14-10-5-3-9(4-6-10)11-8-15-13-12(17)2-1-7-16(11)13/h3-6,8,12,17H,1-2,7H2. The van der Waals surface area contributed by atoms with Crippen LogP contribution in [0, 0.1) is 0 Å². The van der Waals surface area contributed by atoms with E-state index in [1.807, 2.05) is 30.5 Å². The molecule has 88 valence electrons. The van der Waals surface area contributed by atoms with Crippen molar-refractivity contribution >= 4 is 11.6 Å². The average Bonchev–Trinajstić information content (AvgIpc) is 2.75. The van der Waals surface area contributed by atoms with Gasteiger partial charge in [0.2, 0.25) is 0 Å². The zero-order valence-electron chi connectivity index (χ0n) is 9.31. The molecule has 17 heavy (non-hydrogen) atoms. The smallest absolute Gasteiger partial charge is 0.138 e. The van der Waals surface area contributed by atoms with Gasteiger partial charge in [0.25, 0.3) is 0 Å². The van der Waals surface area contributed by atoms with Gasteiger partial charge in [0.15, 0.2) is 0 Å². The van der Waals surface area contributed by atoms with Crippen molar-refractivity contribution in [2.75, 3.05) is 0 Å². The van der Waals surface area contributed by atoms with Crippen LogP contribution in [0.15, 0.2) is 30.5 Å². The van der Waals surface area contributed by atoms with Gasteiger partial charge in [-0.15, -0.1) is 0 Å². The van der Waals surface area contributed by atoms with Crippen LogP contribution in [0.5, 0.6) is 0 Å². The van der Waals surface area contributed by atoms with Crippen LogP contribution in [0.4, 0.5) is 0 Å². The third kappa shape index (κ3) is 1.85. The zero-order valence-corrected chi connectivity index (χ0v) is 10.1. The number of rotatable bonds is 1. The fraction of sp³-hybridized carbons (Fsp3) is 0.308. The molecule has 1 aliphatic rings. The van der Waals surface area contributed by atoms with Crippen LogP contribution in [0.3, 0.4) is 0 Å². The van der Waals surface area contributed by atoms with Crippen LogP contribution in [-0.4, -0.2) is 14.7 Å². The van der Waals surface area contributed by atoms with Gasteiger partial charge in [-0.25, -0.2) is 4.98 Å². The fourth-order valence-electron chi connectivity index (χ4n) is 2.31. The van der Waals surface area contributed by atoms with Gasteiger partial charge in [-0.1, -0.05) is 23.7 Å². The van der Waals surface area contributed by atoms with E-state index in [0.717, 1.165) is 41.5 Å². The largest absolute Gasteiger partial charge is 0.385 e. The quantitative estimate of drug-likeness (QED) is 0.842. The number of fused-ring (bicyclic) bond motifs is 1. The van der Waals surface area contributed by atoms with Crippen LogP contribution >= 0.6 is 11.6 Å². The molecule has 0 aliphatic carbocycles. The summed E-state index contributed by atoms with van der Waals surface area (Å²) < 4.78 is 2.09. The van der Waals surface area contributed by atoms with E-state index >= 15 is 0 Å². The number of halogens is 1. The first-order valence-electron chi connectivity index (χ1n) is 5.75. The molecule has 1 unspecified atom stereocenters. The highest BCUT2D eigenvalue weighted by atomic mass is 35.5. The van der Waals surface area contributed by atoms with Crippen molar-refractivity contribution in [2.45, 2.75) is 25.5 Å². The summed E-state index contributed by atoms with van der Waals surface area (Å²) in [7, 11) is 0. The Morgan fingerprint density at radius 2 is 2.06 bits per heavy atom. The molecule has 0 radical (unpaired) electrons. The molecular formula is C13H13ClN2O. The molecule has 1 atom stereocenters. The Hall–Kier alpha value is -1.32. The Labute approximate surface area is 105 Å². The second kappa shape index (κ2) is 4.17. The van der Waals surface area contributed by atoms with Gasteiger partial charge < -0.3 is 9.67 Å². The molecule has 0 fully saturated rings. The summed E-state index contributed by atoms with van der Waals surface area (Å²) in [5.74, 6) is 0.779. The van der Waals surface area contributed by atoms with E-state index in [2.05, 4.69) is 9.55 Å². The van der Waals surface area contributed by atoms with E-state index in [9.17, 15) is 5.11 Å². The second-order valence-electron chi connectivity index (χ2n) is 4.32. The lowest BCUT2D eigenvalue weighted by Gasteiger charge is -2.20. The number of benzene rings is 1. The molecule has 2 aromatic rings. The molecule has 3 nitrogen and oxygen atoms in total. The maximum Gasteiger partial charge on any atom is 0.138 e. The lowest BCUT2D eigenvalue weighted by Crippen LogP contribution is -2.16. The van der Waals surface area contributed by atoms with Crippen LogP contribution in [0.2, 0.25) is 5.02 Å². The lowest BCUT2D eigenvalue weighted by atomic mass is 10.1. The number of imidazole rings is 1. The molecule has 2 heterocycles. The maximum absolute atomic E-state index is 9.86. The minimum absolute atomic E-state index is 0.426. The summed E-state index contributed by atoms with van der Waals surface area (Å²) in [6, 6.07) is 7.70. The number of aliphatic hydroxyl groups excluding tert-OH is 1. The van der Waals surface area contributed by atoms with Gasteiger partial charge in [0.1, 0.15) is 11.9 Å². The normalized spacial score (nSPS) is 19.1. The first-order chi connectivity index (χ1) is 8.25. The molecule has 0 spiro atoms. The number of hydrogen-bond acceptors (Lipinski definition) is 2. The van der Waals surface area contributed by atoms with Crippen molar-refractivity contribution in [1.82, 2.24) is 9.55 Å². The SMILES string of the molecule is OC1CCCn2c(-c3ccc(Cl)cc3)cnc21. The average molecular weight is 249 g/mol. The summed E-state index contributed by atoms with van der Waals surface area (Å²) in [5, 5.41) is 10.6. The van der Waals surface area contributed by atoms with Crippen molar-refractivity contribution in [3.63, 3.8) is 0 Å². The highest BCUT2D eigenvalue weighted by Gasteiger charge is 2.22. The molecule has 0 amide bonds. The van der Waals surface area contributed by atoms with Crippen molar-refractivity contribution in [3.05, 3.63) is 41.3 Å². The third-order valence-corrected chi connectivity index (χ3v) is 3.44. The Morgan fingerprint density at radius 1 is 1.29 bits per heavy atom. The molecule has 1 aromatic carbocycles. The molecule has 0 saturated carbocycles. The second-order valence-corrected chi connectivity index (χ2v) is 4.75. The van der Waals surface area contributed by atoms with Gasteiger partial charge >= 0.3 is 0 Å². The van der Waals surface area contributed by atoms with Gasteiger partial charge in [-0.2, -0.15) is 0 Å². The van der Waals surface area contributed by atoms with Gasteiger partial charge in [0, 0.05) is 11.6 Å². The summed E-state index contributed by atoms with van der Waals surface area (Å²) in [6.07, 6.45) is 3.19. The summed E-state index contributed by atoms with van der Waals surface area (Å²) >= 11 is 5.88. The molecule has 1 aromatic heterocycles.